The molecule has 2 aromatic heterocycles. The van der Waals surface area contributed by atoms with Crippen molar-refractivity contribution in [3.05, 3.63) is 36.2 Å². The van der Waals surface area contributed by atoms with Crippen LogP contribution in [0.4, 0.5) is 0 Å². The standard InChI is InChI=1S/C14H13N5O/c1-18-8-9(7-16-18)13-17-11-4-2-3-10-12(11)19(13)6-5-15-14(10)20/h2-4,7-8H,5-6H2,1H3,(H,15,20). The quantitative estimate of drug-likeness (QED) is 0.720. The molecule has 0 saturated carbocycles. The second kappa shape index (κ2) is 3.93. The highest BCUT2D eigenvalue weighted by Gasteiger charge is 2.21. The Morgan fingerprint density at radius 2 is 2.25 bits per heavy atom. The normalized spacial score (nSPS) is 14.3. The monoisotopic (exact) mass is 267 g/mol. The third kappa shape index (κ3) is 1.48. The molecule has 0 bridgehead atoms. The van der Waals surface area contributed by atoms with E-state index >= 15 is 0 Å². The van der Waals surface area contributed by atoms with E-state index in [1.54, 1.807) is 10.9 Å². The first-order chi connectivity index (χ1) is 9.74. The fourth-order valence-electron chi connectivity index (χ4n) is 2.72. The van der Waals surface area contributed by atoms with Crippen LogP contribution in [0.5, 0.6) is 0 Å². The number of aromatic nitrogens is 4. The highest BCUT2D eigenvalue weighted by atomic mass is 16.1. The highest BCUT2D eigenvalue weighted by molar-refractivity contribution is 6.06. The van der Waals surface area contributed by atoms with Crippen LogP contribution < -0.4 is 5.32 Å². The first-order valence-electron chi connectivity index (χ1n) is 6.50. The average Bonchev–Trinajstić information content (AvgIpc) is 2.97. The number of para-hydroxylation sites is 1. The molecule has 6 heteroatoms. The van der Waals surface area contributed by atoms with Gasteiger partial charge in [0.05, 0.1) is 28.4 Å². The van der Waals surface area contributed by atoms with Crippen molar-refractivity contribution in [1.29, 1.82) is 0 Å². The molecule has 20 heavy (non-hydrogen) atoms. The Morgan fingerprint density at radius 1 is 1.35 bits per heavy atom. The summed E-state index contributed by atoms with van der Waals surface area (Å²) in [6.07, 6.45) is 3.73. The number of benzene rings is 1. The molecule has 0 aliphatic carbocycles. The number of nitrogens with one attached hydrogen (secondary N) is 1. The molecule has 4 rings (SSSR count). The second-order valence-electron chi connectivity index (χ2n) is 4.92. The van der Waals surface area contributed by atoms with Gasteiger partial charge in [0, 0.05) is 26.3 Å². The van der Waals surface area contributed by atoms with Crippen LogP contribution in [0.2, 0.25) is 0 Å². The fourth-order valence-corrected chi connectivity index (χ4v) is 2.72. The number of rotatable bonds is 1. The number of hydrogen-bond donors (Lipinski definition) is 1. The molecule has 3 heterocycles. The average molecular weight is 267 g/mol. The summed E-state index contributed by atoms with van der Waals surface area (Å²) in [5.41, 5.74) is 3.39. The Labute approximate surface area is 115 Å². The van der Waals surface area contributed by atoms with E-state index in [4.69, 9.17) is 0 Å². The van der Waals surface area contributed by atoms with Crippen molar-refractivity contribution >= 4 is 16.9 Å². The summed E-state index contributed by atoms with van der Waals surface area (Å²) in [7, 11) is 1.88. The van der Waals surface area contributed by atoms with Gasteiger partial charge in [0.25, 0.3) is 5.91 Å². The van der Waals surface area contributed by atoms with Crippen molar-refractivity contribution in [1.82, 2.24) is 24.6 Å². The lowest BCUT2D eigenvalue weighted by atomic mass is 10.2. The van der Waals surface area contributed by atoms with E-state index in [0.717, 1.165) is 22.4 Å². The van der Waals surface area contributed by atoms with Crippen molar-refractivity contribution in [2.24, 2.45) is 7.05 Å². The minimum Gasteiger partial charge on any atom is -0.350 e. The van der Waals surface area contributed by atoms with E-state index in [1.807, 2.05) is 31.4 Å². The molecule has 0 unspecified atom stereocenters. The summed E-state index contributed by atoms with van der Waals surface area (Å²) in [6, 6.07) is 5.65. The zero-order valence-corrected chi connectivity index (χ0v) is 11.0. The Balaban J connectivity index is 2.06. The summed E-state index contributed by atoms with van der Waals surface area (Å²) in [4.78, 5) is 16.7. The van der Waals surface area contributed by atoms with Crippen LogP contribution in [0.15, 0.2) is 30.6 Å². The molecule has 0 spiro atoms. The summed E-state index contributed by atoms with van der Waals surface area (Å²) >= 11 is 0. The van der Waals surface area contributed by atoms with Gasteiger partial charge in [-0.25, -0.2) is 4.98 Å². The number of carbonyl (C=O) groups is 1. The molecule has 1 aliphatic heterocycles. The van der Waals surface area contributed by atoms with Gasteiger partial charge < -0.3 is 9.88 Å². The fraction of sp³-hybridized carbons (Fsp3) is 0.214. The SMILES string of the molecule is Cn1cc(-c2nc3cccc4c3n2CCNC4=O)cn1. The predicted molar refractivity (Wildman–Crippen MR) is 74.3 cm³/mol. The number of aryl methyl sites for hydroxylation is 1. The highest BCUT2D eigenvalue weighted by Crippen LogP contribution is 2.27. The molecule has 1 aromatic carbocycles. The van der Waals surface area contributed by atoms with Gasteiger partial charge in [-0.15, -0.1) is 0 Å². The minimum atomic E-state index is -0.0352. The number of carbonyl (C=O) groups excluding carboxylic acids is 1. The molecule has 0 fully saturated rings. The molecule has 1 aliphatic rings. The summed E-state index contributed by atoms with van der Waals surface area (Å²) in [6.45, 7) is 1.32. The molecule has 100 valence electrons. The topological polar surface area (TPSA) is 64.7 Å². The van der Waals surface area contributed by atoms with Gasteiger partial charge in [0.1, 0.15) is 5.82 Å². The number of hydrogen-bond acceptors (Lipinski definition) is 3. The van der Waals surface area contributed by atoms with E-state index in [1.165, 1.54) is 0 Å². The Hall–Kier alpha value is -2.63. The minimum absolute atomic E-state index is 0.0352. The molecule has 6 nitrogen and oxygen atoms in total. The molecule has 3 aromatic rings. The van der Waals surface area contributed by atoms with Gasteiger partial charge in [0.15, 0.2) is 0 Å². The largest absolute Gasteiger partial charge is 0.350 e. The lowest BCUT2D eigenvalue weighted by molar-refractivity contribution is 0.0956. The van der Waals surface area contributed by atoms with Gasteiger partial charge in [-0.1, -0.05) is 6.07 Å². The second-order valence-corrected chi connectivity index (χ2v) is 4.92. The van der Waals surface area contributed by atoms with Crippen molar-refractivity contribution in [3.8, 4) is 11.4 Å². The van der Waals surface area contributed by atoms with Crippen LogP contribution in [-0.2, 0) is 13.6 Å². The summed E-state index contributed by atoms with van der Waals surface area (Å²) in [5.74, 6) is 0.823. The third-order valence-electron chi connectivity index (χ3n) is 3.60. The van der Waals surface area contributed by atoms with Gasteiger partial charge in [0.2, 0.25) is 0 Å². The van der Waals surface area contributed by atoms with Crippen molar-refractivity contribution in [3.63, 3.8) is 0 Å². The molecule has 0 radical (unpaired) electrons. The van der Waals surface area contributed by atoms with Crippen LogP contribution in [-0.4, -0.2) is 31.8 Å². The van der Waals surface area contributed by atoms with Gasteiger partial charge in [-0.2, -0.15) is 5.10 Å². The number of amides is 1. The molecule has 0 atom stereocenters. The first kappa shape index (κ1) is 11.2. The van der Waals surface area contributed by atoms with Gasteiger partial charge in [-0.3, -0.25) is 9.48 Å². The maximum atomic E-state index is 12.1. The molecular formula is C14H13N5O. The molecule has 1 amide bonds. The van der Waals surface area contributed by atoms with E-state index in [2.05, 4.69) is 20.0 Å². The Morgan fingerprint density at radius 3 is 3.05 bits per heavy atom. The molecule has 0 saturated heterocycles. The zero-order chi connectivity index (χ0) is 13.7. The van der Waals surface area contributed by atoms with E-state index < -0.39 is 0 Å². The van der Waals surface area contributed by atoms with Gasteiger partial charge >= 0.3 is 0 Å². The lowest BCUT2D eigenvalue weighted by Crippen LogP contribution is -2.24. The van der Waals surface area contributed by atoms with Crippen LogP contribution in [0.25, 0.3) is 22.4 Å². The van der Waals surface area contributed by atoms with Crippen LogP contribution in [0.3, 0.4) is 0 Å². The van der Waals surface area contributed by atoms with Crippen LogP contribution in [0.1, 0.15) is 10.4 Å². The molecule has 1 N–H and O–H groups in total. The third-order valence-corrected chi connectivity index (χ3v) is 3.60. The Kier molecular flexibility index (Phi) is 2.20. The first-order valence-corrected chi connectivity index (χ1v) is 6.50. The Bertz CT molecular complexity index is 829. The number of nitrogens with zero attached hydrogens (tertiary/aromatic N) is 4. The van der Waals surface area contributed by atoms with Crippen LogP contribution >= 0.6 is 0 Å². The van der Waals surface area contributed by atoms with E-state index in [-0.39, 0.29) is 5.91 Å². The van der Waals surface area contributed by atoms with Crippen LogP contribution in [0, 0.1) is 0 Å². The zero-order valence-electron chi connectivity index (χ0n) is 11.0. The summed E-state index contributed by atoms with van der Waals surface area (Å²) < 4.78 is 3.85. The van der Waals surface area contributed by atoms with Gasteiger partial charge in [-0.05, 0) is 12.1 Å². The summed E-state index contributed by atoms with van der Waals surface area (Å²) in [5, 5.41) is 7.11. The smallest absolute Gasteiger partial charge is 0.253 e. The lowest BCUT2D eigenvalue weighted by Gasteiger charge is -2.04. The van der Waals surface area contributed by atoms with Crippen molar-refractivity contribution in [2.75, 3.05) is 6.54 Å². The number of imidazole rings is 1. The van der Waals surface area contributed by atoms with Crippen molar-refractivity contribution in [2.45, 2.75) is 6.54 Å². The maximum Gasteiger partial charge on any atom is 0.253 e. The van der Waals surface area contributed by atoms with E-state index in [9.17, 15) is 4.79 Å². The predicted octanol–water partition coefficient (Wildman–Crippen LogP) is 1.18. The maximum absolute atomic E-state index is 12.1. The van der Waals surface area contributed by atoms with Crippen molar-refractivity contribution < 1.29 is 4.79 Å². The molecular weight excluding hydrogens is 254 g/mol. The van der Waals surface area contributed by atoms with E-state index in [0.29, 0.717) is 18.7 Å².